The van der Waals surface area contributed by atoms with E-state index >= 15 is 0 Å². The van der Waals surface area contributed by atoms with Crippen molar-refractivity contribution in [1.29, 1.82) is 0 Å². The lowest BCUT2D eigenvalue weighted by Crippen LogP contribution is -2.12. The number of oxime groups is 1. The summed E-state index contributed by atoms with van der Waals surface area (Å²) in [7, 11) is 3.33. The highest BCUT2D eigenvalue weighted by Crippen LogP contribution is 2.04. The molecule has 1 heterocycles. The Morgan fingerprint density at radius 3 is 2.68 bits per heavy atom. The number of benzene rings is 1. The zero-order valence-corrected chi connectivity index (χ0v) is 11.4. The molecule has 5 nitrogen and oxygen atoms in total. The average Bonchev–Trinajstić information content (AvgIpc) is 2.82. The van der Waals surface area contributed by atoms with Crippen molar-refractivity contribution in [2.45, 2.75) is 0 Å². The SMILES string of the molecule is CO/N=C/c1ccc(C(=O)N=c2sccn2C)cc1. The monoisotopic (exact) mass is 275 g/mol. The number of hydrogen-bond donors (Lipinski definition) is 0. The van der Waals surface area contributed by atoms with Gasteiger partial charge in [0.1, 0.15) is 7.11 Å². The number of carbonyl (C=O) groups excluding carboxylic acids is 1. The zero-order chi connectivity index (χ0) is 13.7. The molecule has 0 saturated heterocycles. The van der Waals surface area contributed by atoms with E-state index in [1.165, 1.54) is 18.4 Å². The summed E-state index contributed by atoms with van der Waals surface area (Å²) >= 11 is 1.42. The van der Waals surface area contributed by atoms with Crippen LogP contribution in [0, 0.1) is 0 Å². The molecule has 98 valence electrons. The maximum atomic E-state index is 12.0. The molecule has 1 aromatic carbocycles. The number of amides is 1. The lowest BCUT2D eigenvalue weighted by Gasteiger charge is -1.96. The molecule has 0 radical (unpaired) electrons. The highest BCUT2D eigenvalue weighted by atomic mass is 32.1. The molecule has 0 aliphatic carbocycles. The Kier molecular flexibility index (Phi) is 4.25. The number of aryl methyl sites for hydroxylation is 1. The Morgan fingerprint density at radius 2 is 2.11 bits per heavy atom. The summed E-state index contributed by atoms with van der Waals surface area (Å²) in [5.41, 5.74) is 1.41. The van der Waals surface area contributed by atoms with Gasteiger partial charge in [0.05, 0.1) is 6.21 Å². The number of rotatable bonds is 3. The molecule has 0 fully saturated rings. The van der Waals surface area contributed by atoms with E-state index in [0.717, 1.165) is 5.56 Å². The summed E-state index contributed by atoms with van der Waals surface area (Å²) in [4.78, 5) is 21.3. The Balaban J connectivity index is 2.21. The Morgan fingerprint density at radius 1 is 1.37 bits per heavy atom. The fourth-order valence-corrected chi connectivity index (χ4v) is 2.14. The molecule has 0 aliphatic rings. The quantitative estimate of drug-likeness (QED) is 0.633. The van der Waals surface area contributed by atoms with Crippen molar-refractivity contribution < 1.29 is 9.63 Å². The van der Waals surface area contributed by atoms with Gasteiger partial charge in [-0.3, -0.25) is 4.79 Å². The van der Waals surface area contributed by atoms with Gasteiger partial charge in [0.15, 0.2) is 4.80 Å². The molecule has 2 aromatic rings. The third-order valence-electron chi connectivity index (χ3n) is 2.42. The first kappa shape index (κ1) is 13.2. The average molecular weight is 275 g/mol. The van der Waals surface area contributed by atoms with Gasteiger partial charge >= 0.3 is 0 Å². The fraction of sp³-hybridized carbons (Fsp3) is 0.154. The fourth-order valence-electron chi connectivity index (χ4n) is 1.41. The maximum Gasteiger partial charge on any atom is 0.279 e. The summed E-state index contributed by atoms with van der Waals surface area (Å²) in [6.45, 7) is 0. The van der Waals surface area contributed by atoms with Crippen LogP contribution in [0.3, 0.4) is 0 Å². The van der Waals surface area contributed by atoms with Gasteiger partial charge in [0, 0.05) is 24.2 Å². The van der Waals surface area contributed by atoms with Gasteiger partial charge in [-0.15, -0.1) is 11.3 Å². The van der Waals surface area contributed by atoms with E-state index in [0.29, 0.717) is 10.4 Å². The number of thiazole rings is 1. The topological polar surface area (TPSA) is 55.9 Å². The van der Waals surface area contributed by atoms with Gasteiger partial charge in [-0.05, 0) is 17.7 Å². The van der Waals surface area contributed by atoms with Crippen LogP contribution in [0.5, 0.6) is 0 Å². The maximum absolute atomic E-state index is 12.0. The predicted molar refractivity (Wildman–Crippen MR) is 74.2 cm³/mol. The molecule has 0 bridgehead atoms. The molecule has 0 atom stereocenters. The second-order valence-electron chi connectivity index (χ2n) is 3.75. The van der Waals surface area contributed by atoms with E-state index in [2.05, 4.69) is 15.0 Å². The standard InChI is InChI=1S/C13H13N3O2S/c1-16-7-8-19-13(16)15-12(17)11-5-3-10(4-6-11)9-14-18-2/h3-9H,1-2H3/b14-9+,15-13?. The second-order valence-corrected chi connectivity index (χ2v) is 4.63. The Bertz CT molecular complexity index is 653. The van der Waals surface area contributed by atoms with Gasteiger partial charge in [-0.1, -0.05) is 17.3 Å². The van der Waals surface area contributed by atoms with Crippen molar-refractivity contribution in [2.24, 2.45) is 17.2 Å². The van der Waals surface area contributed by atoms with Crippen LogP contribution in [-0.4, -0.2) is 23.8 Å². The van der Waals surface area contributed by atoms with Crippen molar-refractivity contribution >= 4 is 23.5 Å². The molecule has 0 unspecified atom stereocenters. The van der Waals surface area contributed by atoms with E-state index in [1.54, 1.807) is 30.5 Å². The van der Waals surface area contributed by atoms with Crippen molar-refractivity contribution in [2.75, 3.05) is 7.11 Å². The molecular weight excluding hydrogens is 262 g/mol. The highest BCUT2D eigenvalue weighted by Gasteiger charge is 2.03. The number of carbonyl (C=O) groups is 1. The van der Waals surface area contributed by atoms with E-state index in [-0.39, 0.29) is 5.91 Å². The van der Waals surface area contributed by atoms with Crippen molar-refractivity contribution in [3.8, 4) is 0 Å². The van der Waals surface area contributed by atoms with Gasteiger partial charge in [0.25, 0.3) is 5.91 Å². The molecule has 2 rings (SSSR count). The van der Waals surface area contributed by atoms with Crippen LogP contribution in [0.15, 0.2) is 46.0 Å². The van der Waals surface area contributed by atoms with Gasteiger partial charge in [-0.25, -0.2) is 0 Å². The van der Waals surface area contributed by atoms with Crippen LogP contribution in [-0.2, 0) is 11.9 Å². The van der Waals surface area contributed by atoms with E-state index in [1.807, 2.05) is 23.2 Å². The smallest absolute Gasteiger partial charge is 0.279 e. The largest absolute Gasteiger partial charge is 0.399 e. The molecule has 0 aliphatic heterocycles. The number of hydrogen-bond acceptors (Lipinski definition) is 4. The molecule has 0 spiro atoms. The lowest BCUT2D eigenvalue weighted by molar-refractivity contribution is 0.0998. The third kappa shape index (κ3) is 3.38. The molecule has 0 N–H and O–H groups in total. The summed E-state index contributed by atoms with van der Waals surface area (Å²) < 4.78 is 1.81. The summed E-state index contributed by atoms with van der Waals surface area (Å²) in [6, 6.07) is 7.02. The summed E-state index contributed by atoms with van der Waals surface area (Å²) in [5, 5.41) is 5.54. The van der Waals surface area contributed by atoms with Gasteiger partial charge in [-0.2, -0.15) is 4.99 Å². The minimum atomic E-state index is -0.256. The minimum absolute atomic E-state index is 0.256. The second kappa shape index (κ2) is 6.10. The minimum Gasteiger partial charge on any atom is -0.399 e. The molecule has 6 heteroatoms. The van der Waals surface area contributed by atoms with E-state index in [9.17, 15) is 4.79 Å². The lowest BCUT2D eigenvalue weighted by atomic mass is 10.1. The Hall–Kier alpha value is -2.21. The van der Waals surface area contributed by atoms with Gasteiger partial charge in [0.2, 0.25) is 0 Å². The predicted octanol–water partition coefficient (Wildman–Crippen LogP) is 1.81. The molecule has 19 heavy (non-hydrogen) atoms. The van der Waals surface area contributed by atoms with E-state index in [4.69, 9.17) is 0 Å². The van der Waals surface area contributed by atoms with Crippen LogP contribution < -0.4 is 4.80 Å². The van der Waals surface area contributed by atoms with Crippen LogP contribution >= 0.6 is 11.3 Å². The molecule has 1 amide bonds. The highest BCUT2D eigenvalue weighted by molar-refractivity contribution is 7.07. The van der Waals surface area contributed by atoms with Crippen LogP contribution in [0.25, 0.3) is 0 Å². The van der Waals surface area contributed by atoms with Crippen LogP contribution in [0.1, 0.15) is 15.9 Å². The number of aromatic nitrogens is 1. The molecular formula is C13H13N3O2S. The number of nitrogens with zero attached hydrogens (tertiary/aromatic N) is 3. The third-order valence-corrected chi connectivity index (χ3v) is 3.27. The Labute approximate surface area is 114 Å². The van der Waals surface area contributed by atoms with Crippen molar-refractivity contribution in [3.63, 3.8) is 0 Å². The summed E-state index contributed by atoms with van der Waals surface area (Å²) in [5.74, 6) is -0.256. The molecule has 0 saturated carbocycles. The first-order chi connectivity index (χ1) is 9.20. The summed E-state index contributed by atoms with van der Waals surface area (Å²) in [6.07, 6.45) is 3.44. The zero-order valence-electron chi connectivity index (χ0n) is 10.6. The van der Waals surface area contributed by atoms with Gasteiger partial charge < -0.3 is 9.40 Å². The van der Waals surface area contributed by atoms with E-state index < -0.39 is 0 Å². The molecule has 1 aromatic heterocycles. The van der Waals surface area contributed by atoms with Crippen LogP contribution in [0.2, 0.25) is 0 Å². The first-order valence-electron chi connectivity index (χ1n) is 5.56. The normalized spacial score (nSPS) is 12.0. The van der Waals surface area contributed by atoms with Crippen LogP contribution in [0.4, 0.5) is 0 Å². The van der Waals surface area contributed by atoms with Crippen molar-refractivity contribution in [1.82, 2.24) is 4.57 Å². The first-order valence-corrected chi connectivity index (χ1v) is 6.44. The van der Waals surface area contributed by atoms with Crippen molar-refractivity contribution in [3.05, 3.63) is 51.8 Å².